The molecule has 2 heterocycles. The highest BCUT2D eigenvalue weighted by Gasteiger charge is 2.15. The van der Waals surface area contributed by atoms with E-state index >= 15 is 0 Å². The van der Waals surface area contributed by atoms with Gasteiger partial charge in [-0.2, -0.15) is 0 Å². The Labute approximate surface area is 128 Å². The summed E-state index contributed by atoms with van der Waals surface area (Å²) in [5, 5.41) is 7.07. The van der Waals surface area contributed by atoms with Crippen LogP contribution in [-0.2, 0) is 12.8 Å². The molecular formula is C15H17ClN4O. The van der Waals surface area contributed by atoms with Gasteiger partial charge in [-0.1, -0.05) is 11.6 Å². The molecule has 0 aliphatic carbocycles. The number of rotatable bonds is 3. The predicted octanol–water partition coefficient (Wildman–Crippen LogP) is 2.57. The summed E-state index contributed by atoms with van der Waals surface area (Å²) >= 11 is 6.29. The molecule has 0 bridgehead atoms. The van der Waals surface area contributed by atoms with E-state index in [4.69, 9.17) is 16.3 Å². The van der Waals surface area contributed by atoms with Gasteiger partial charge in [0.2, 0.25) is 5.95 Å². The minimum atomic E-state index is 0.533. The fourth-order valence-electron chi connectivity index (χ4n) is 2.36. The molecule has 0 unspecified atom stereocenters. The summed E-state index contributed by atoms with van der Waals surface area (Å²) in [7, 11) is 1.64. The van der Waals surface area contributed by atoms with Crippen molar-refractivity contribution in [2.45, 2.75) is 12.8 Å². The summed E-state index contributed by atoms with van der Waals surface area (Å²) in [5.41, 5.74) is 2.98. The largest absolute Gasteiger partial charge is 0.497 e. The van der Waals surface area contributed by atoms with Crippen LogP contribution in [0.15, 0.2) is 24.3 Å². The van der Waals surface area contributed by atoms with Gasteiger partial charge in [0.15, 0.2) is 0 Å². The number of aromatic nitrogens is 2. The third-order valence-electron chi connectivity index (χ3n) is 3.48. The lowest BCUT2D eigenvalue weighted by atomic mass is 10.1. The Hall–Kier alpha value is -1.85. The van der Waals surface area contributed by atoms with Gasteiger partial charge in [-0.25, -0.2) is 9.97 Å². The number of nitrogens with zero attached hydrogens (tertiary/aromatic N) is 2. The Morgan fingerprint density at radius 1 is 1.14 bits per heavy atom. The Morgan fingerprint density at radius 2 is 1.90 bits per heavy atom. The molecule has 0 atom stereocenters. The summed E-state index contributed by atoms with van der Waals surface area (Å²) in [6.45, 7) is 1.84. The molecule has 1 aromatic heterocycles. The maximum Gasteiger partial charge on any atom is 0.228 e. The number of nitrogens with one attached hydrogen (secondary N) is 2. The topological polar surface area (TPSA) is 59.1 Å². The normalized spacial score (nSPS) is 14.2. The maximum absolute atomic E-state index is 6.29. The number of ether oxygens (including phenoxy) is 1. The first-order valence-electron chi connectivity index (χ1n) is 6.93. The van der Waals surface area contributed by atoms with Gasteiger partial charge in [-0.3, -0.25) is 0 Å². The van der Waals surface area contributed by atoms with Gasteiger partial charge in [0.05, 0.1) is 12.8 Å². The maximum atomic E-state index is 6.29. The van der Waals surface area contributed by atoms with Crippen LogP contribution in [-0.4, -0.2) is 30.2 Å². The van der Waals surface area contributed by atoms with Gasteiger partial charge >= 0.3 is 0 Å². The zero-order valence-corrected chi connectivity index (χ0v) is 12.6. The molecule has 0 fully saturated rings. The molecule has 21 heavy (non-hydrogen) atoms. The molecule has 0 saturated carbocycles. The monoisotopic (exact) mass is 304 g/mol. The van der Waals surface area contributed by atoms with Crippen LogP contribution in [0, 0.1) is 0 Å². The summed E-state index contributed by atoms with van der Waals surface area (Å²) in [6, 6.07) is 7.61. The molecule has 6 heteroatoms. The van der Waals surface area contributed by atoms with Gasteiger partial charge in [0.25, 0.3) is 0 Å². The van der Waals surface area contributed by atoms with Crippen LogP contribution in [0.4, 0.5) is 11.6 Å². The number of hydrogen-bond acceptors (Lipinski definition) is 5. The van der Waals surface area contributed by atoms with Crippen molar-refractivity contribution in [2.24, 2.45) is 0 Å². The van der Waals surface area contributed by atoms with E-state index in [0.717, 1.165) is 48.6 Å². The van der Waals surface area contributed by atoms with Crippen molar-refractivity contribution in [3.05, 3.63) is 40.7 Å². The Kier molecular flexibility index (Phi) is 4.22. The minimum Gasteiger partial charge on any atom is -0.497 e. The number of hydrogen-bond donors (Lipinski definition) is 2. The van der Waals surface area contributed by atoms with Crippen molar-refractivity contribution < 1.29 is 4.74 Å². The van der Waals surface area contributed by atoms with Gasteiger partial charge in [-0.15, -0.1) is 0 Å². The second-order valence-electron chi connectivity index (χ2n) is 4.87. The van der Waals surface area contributed by atoms with Gasteiger partial charge in [0.1, 0.15) is 10.9 Å². The molecule has 1 aliphatic heterocycles. The molecule has 1 aromatic carbocycles. The average molecular weight is 305 g/mol. The third kappa shape index (κ3) is 3.25. The van der Waals surface area contributed by atoms with E-state index in [1.165, 1.54) is 0 Å². The number of methoxy groups -OCH3 is 1. The second-order valence-corrected chi connectivity index (χ2v) is 5.22. The van der Waals surface area contributed by atoms with E-state index in [0.29, 0.717) is 11.1 Å². The standard InChI is InChI=1S/C15H17ClN4O/c1-21-11-4-2-10(3-5-11)18-15-19-13-7-9-17-8-6-12(13)14(16)20-15/h2-5,17H,6-9H2,1H3,(H,18,19,20). The summed E-state index contributed by atoms with van der Waals surface area (Å²) in [4.78, 5) is 8.94. The molecule has 110 valence electrons. The van der Waals surface area contributed by atoms with Crippen LogP contribution < -0.4 is 15.4 Å². The first-order chi connectivity index (χ1) is 10.3. The van der Waals surface area contributed by atoms with Gasteiger partial charge < -0.3 is 15.4 Å². The lowest BCUT2D eigenvalue weighted by Gasteiger charge is -2.11. The van der Waals surface area contributed by atoms with E-state index in [-0.39, 0.29) is 0 Å². The van der Waals surface area contributed by atoms with Gasteiger partial charge in [-0.05, 0) is 37.2 Å². The SMILES string of the molecule is COc1ccc(Nc2nc(Cl)c3c(n2)CCNCC3)cc1. The molecule has 5 nitrogen and oxygen atoms in total. The predicted molar refractivity (Wildman–Crippen MR) is 83.6 cm³/mol. The number of fused-ring (bicyclic) bond motifs is 1. The number of halogens is 1. The van der Waals surface area contributed by atoms with Crippen LogP contribution in [0.2, 0.25) is 5.15 Å². The molecular weight excluding hydrogens is 288 g/mol. The lowest BCUT2D eigenvalue weighted by Crippen LogP contribution is -2.16. The molecule has 0 spiro atoms. The van der Waals surface area contributed by atoms with E-state index in [2.05, 4.69) is 20.6 Å². The summed E-state index contributed by atoms with van der Waals surface area (Å²) in [5.74, 6) is 1.35. The number of benzene rings is 1. The number of anilines is 2. The van der Waals surface area contributed by atoms with Gasteiger partial charge in [0, 0.05) is 24.2 Å². The second kappa shape index (κ2) is 6.28. The minimum absolute atomic E-state index is 0.533. The fourth-order valence-corrected chi connectivity index (χ4v) is 2.64. The third-order valence-corrected chi connectivity index (χ3v) is 3.79. The zero-order chi connectivity index (χ0) is 14.7. The van der Waals surface area contributed by atoms with Crippen LogP contribution in [0.3, 0.4) is 0 Å². The molecule has 2 aromatic rings. The van der Waals surface area contributed by atoms with E-state index in [1.807, 2.05) is 24.3 Å². The Morgan fingerprint density at radius 3 is 2.67 bits per heavy atom. The van der Waals surface area contributed by atoms with Crippen LogP contribution >= 0.6 is 11.6 Å². The van der Waals surface area contributed by atoms with Crippen molar-refractivity contribution in [1.82, 2.24) is 15.3 Å². The molecule has 0 amide bonds. The van der Waals surface area contributed by atoms with Crippen LogP contribution in [0.1, 0.15) is 11.3 Å². The van der Waals surface area contributed by atoms with Crippen molar-refractivity contribution >= 4 is 23.2 Å². The smallest absolute Gasteiger partial charge is 0.228 e. The first kappa shape index (κ1) is 14.1. The fraction of sp³-hybridized carbons (Fsp3) is 0.333. The van der Waals surface area contributed by atoms with E-state index in [1.54, 1.807) is 7.11 Å². The summed E-state index contributed by atoms with van der Waals surface area (Å²) in [6.07, 6.45) is 1.74. The van der Waals surface area contributed by atoms with E-state index in [9.17, 15) is 0 Å². The van der Waals surface area contributed by atoms with Crippen molar-refractivity contribution in [1.29, 1.82) is 0 Å². The Balaban J connectivity index is 1.85. The lowest BCUT2D eigenvalue weighted by molar-refractivity contribution is 0.415. The van der Waals surface area contributed by atoms with Crippen LogP contribution in [0.25, 0.3) is 0 Å². The average Bonchev–Trinajstić information content (AvgIpc) is 2.74. The molecule has 3 rings (SSSR count). The van der Waals surface area contributed by atoms with Crippen molar-refractivity contribution in [3.8, 4) is 5.75 Å². The Bertz CT molecular complexity index is 630. The molecule has 2 N–H and O–H groups in total. The summed E-state index contributed by atoms with van der Waals surface area (Å²) < 4.78 is 5.14. The molecule has 0 radical (unpaired) electrons. The quantitative estimate of drug-likeness (QED) is 0.854. The molecule has 0 saturated heterocycles. The first-order valence-corrected chi connectivity index (χ1v) is 7.31. The highest BCUT2D eigenvalue weighted by Crippen LogP contribution is 2.23. The molecule has 1 aliphatic rings. The zero-order valence-electron chi connectivity index (χ0n) is 11.8. The van der Waals surface area contributed by atoms with E-state index < -0.39 is 0 Å². The highest BCUT2D eigenvalue weighted by atomic mass is 35.5. The highest BCUT2D eigenvalue weighted by molar-refractivity contribution is 6.30. The van der Waals surface area contributed by atoms with Crippen molar-refractivity contribution in [3.63, 3.8) is 0 Å². The van der Waals surface area contributed by atoms with Crippen LogP contribution in [0.5, 0.6) is 5.75 Å². The van der Waals surface area contributed by atoms with Crippen molar-refractivity contribution in [2.75, 3.05) is 25.5 Å².